The summed E-state index contributed by atoms with van der Waals surface area (Å²) in [5.74, 6) is -1.75. The van der Waals surface area contributed by atoms with E-state index in [1.165, 1.54) is 89.5 Å². The van der Waals surface area contributed by atoms with Gasteiger partial charge >= 0.3 is 5.97 Å². The molecule has 0 aliphatic carbocycles. The minimum Gasteiger partial charge on any atom is -0.505 e. The van der Waals surface area contributed by atoms with Gasteiger partial charge in [0.1, 0.15) is 5.56 Å². The molecule has 5 heteroatoms. The van der Waals surface area contributed by atoms with Crippen molar-refractivity contribution in [3.05, 3.63) is 23.3 Å². The number of phenols is 1. The number of unbranched alkanes of at least 4 members (excludes halogenated alkanes) is 15. The standard InChI is InChI=1S/C28H47NO4/c1-3-5-6-7-8-9-10-11-12-13-14-15-16-17-18-19-20-26(30)29-25-22-23(4-2)21-24(27(25)31)28(32)33/h21-22,31H,3-20H2,1-2H3,(H,29,30)(H,32,33). The smallest absolute Gasteiger partial charge is 0.339 e. The normalized spacial score (nSPS) is 11.0. The lowest BCUT2D eigenvalue weighted by molar-refractivity contribution is -0.116. The lowest BCUT2D eigenvalue weighted by Gasteiger charge is -2.11. The Balaban J connectivity index is 2.05. The fourth-order valence-electron chi connectivity index (χ4n) is 4.20. The number of aromatic hydroxyl groups is 1. The lowest BCUT2D eigenvalue weighted by Crippen LogP contribution is -2.12. The predicted molar refractivity (Wildman–Crippen MR) is 137 cm³/mol. The molecule has 0 saturated heterocycles. The average Bonchev–Trinajstić information content (AvgIpc) is 2.79. The number of aromatic carboxylic acids is 1. The van der Waals surface area contributed by atoms with Crippen molar-refractivity contribution in [1.29, 1.82) is 0 Å². The molecule has 3 N–H and O–H groups in total. The quantitative estimate of drug-likeness (QED) is 0.135. The number of carboxylic acid groups (broad SMARTS) is 1. The van der Waals surface area contributed by atoms with Gasteiger partial charge in [-0.3, -0.25) is 4.79 Å². The van der Waals surface area contributed by atoms with Crippen molar-refractivity contribution in [3.8, 4) is 5.75 Å². The van der Waals surface area contributed by atoms with Crippen LogP contribution >= 0.6 is 0 Å². The fourth-order valence-corrected chi connectivity index (χ4v) is 4.20. The Bertz CT molecular complexity index is 687. The lowest BCUT2D eigenvalue weighted by atomic mass is 10.0. The molecule has 188 valence electrons. The molecular formula is C28H47NO4. The number of carbonyl (C=O) groups excluding carboxylic acids is 1. The number of rotatable bonds is 20. The Kier molecular flexibility index (Phi) is 16.2. The van der Waals surface area contributed by atoms with E-state index in [1.807, 2.05) is 6.92 Å². The van der Waals surface area contributed by atoms with Crippen molar-refractivity contribution in [2.75, 3.05) is 5.32 Å². The van der Waals surface area contributed by atoms with Crippen LogP contribution in [-0.4, -0.2) is 22.1 Å². The van der Waals surface area contributed by atoms with E-state index in [4.69, 9.17) is 0 Å². The summed E-state index contributed by atoms with van der Waals surface area (Å²) in [5.41, 5.74) is 0.781. The minimum absolute atomic E-state index is 0.174. The summed E-state index contributed by atoms with van der Waals surface area (Å²) in [6.45, 7) is 4.17. The molecule has 0 aliphatic rings. The van der Waals surface area contributed by atoms with Gasteiger partial charge in [0.25, 0.3) is 0 Å². The molecule has 5 nitrogen and oxygen atoms in total. The van der Waals surface area contributed by atoms with Gasteiger partial charge in [0.2, 0.25) is 5.91 Å². The Morgan fingerprint density at radius 1 is 0.727 bits per heavy atom. The number of nitrogens with one attached hydrogen (secondary N) is 1. The molecule has 0 saturated carbocycles. The van der Waals surface area contributed by atoms with Crippen LogP contribution in [0.3, 0.4) is 0 Å². The molecule has 0 fully saturated rings. The summed E-state index contributed by atoms with van der Waals surface area (Å²) in [5, 5.41) is 22.1. The van der Waals surface area contributed by atoms with Gasteiger partial charge < -0.3 is 15.5 Å². The fraction of sp³-hybridized carbons (Fsp3) is 0.714. The number of hydrogen-bond acceptors (Lipinski definition) is 3. The van der Waals surface area contributed by atoms with Gasteiger partial charge in [-0.1, -0.05) is 110 Å². The van der Waals surface area contributed by atoms with Crippen LogP contribution < -0.4 is 5.32 Å². The molecule has 0 aromatic heterocycles. The van der Waals surface area contributed by atoms with Crippen LogP contribution in [0.15, 0.2) is 12.1 Å². The van der Waals surface area contributed by atoms with E-state index in [0.29, 0.717) is 12.8 Å². The first-order chi connectivity index (χ1) is 16.0. The highest BCUT2D eigenvalue weighted by atomic mass is 16.4. The number of aryl methyl sites for hydroxylation is 1. The summed E-state index contributed by atoms with van der Waals surface area (Å²) in [7, 11) is 0. The Hall–Kier alpha value is -2.04. The summed E-state index contributed by atoms with van der Waals surface area (Å²) in [4.78, 5) is 23.5. The summed E-state index contributed by atoms with van der Waals surface area (Å²) in [6.07, 6.45) is 21.6. The number of benzene rings is 1. The van der Waals surface area contributed by atoms with E-state index >= 15 is 0 Å². The zero-order valence-electron chi connectivity index (χ0n) is 21.1. The van der Waals surface area contributed by atoms with E-state index in [9.17, 15) is 19.8 Å². The Labute approximate surface area is 201 Å². The highest BCUT2D eigenvalue weighted by Gasteiger charge is 2.16. The van der Waals surface area contributed by atoms with E-state index in [-0.39, 0.29) is 22.9 Å². The first-order valence-corrected chi connectivity index (χ1v) is 13.4. The second-order valence-electron chi connectivity index (χ2n) is 9.30. The molecule has 0 aliphatic heterocycles. The van der Waals surface area contributed by atoms with E-state index in [0.717, 1.165) is 24.8 Å². The molecule has 0 unspecified atom stereocenters. The van der Waals surface area contributed by atoms with Crippen LogP contribution in [0.5, 0.6) is 5.75 Å². The van der Waals surface area contributed by atoms with Crippen molar-refractivity contribution in [2.45, 2.75) is 129 Å². The molecule has 1 aromatic carbocycles. The Morgan fingerprint density at radius 2 is 1.18 bits per heavy atom. The van der Waals surface area contributed by atoms with Crippen LogP contribution in [0.2, 0.25) is 0 Å². The average molecular weight is 462 g/mol. The van der Waals surface area contributed by atoms with Crippen molar-refractivity contribution in [3.63, 3.8) is 0 Å². The maximum Gasteiger partial charge on any atom is 0.339 e. The number of amides is 1. The summed E-state index contributed by atoms with van der Waals surface area (Å²) < 4.78 is 0. The zero-order chi connectivity index (χ0) is 24.3. The van der Waals surface area contributed by atoms with Crippen molar-refractivity contribution >= 4 is 17.6 Å². The van der Waals surface area contributed by atoms with Gasteiger partial charge in [-0.15, -0.1) is 0 Å². The van der Waals surface area contributed by atoms with Crippen LogP contribution in [0.1, 0.15) is 139 Å². The van der Waals surface area contributed by atoms with Crippen LogP contribution in [-0.2, 0) is 11.2 Å². The van der Waals surface area contributed by atoms with Gasteiger partial charge in [-0.25, -0.2) is 4.79 Å². The molecule has 0 atom stereocenters. The number of carboxylic acids is 1. The molecule has 33 heavy (non-hydrogen) atoms. The summed E-state index contributed by atoms with van der Waals surface area (Å²) >= 11 is 0. The topological polar surface area (TPSA) is 86.6 Å². The molecule has 0 heterocycles. The highest BCUT2D eigenvalue weighted by molar-refractivity contribution is 5.98. The van der Waals surface area contributed by atoms with Gasteiger partial charge in [0, 0.05) is 6.42 Å². The van der Waals surface area contributed by atoms with Crippen LogP contribution in [0.4, 0.5) is 5.69 Å². The number of hydrogen-bond donors (Lipinski definition) is 3. The van der Waals surface area contributed by atoms with Gasteiger partial charge in [-0.2, -0.15) is 0 Å². The number of anilines is 1. The predicted octanol–water partition coefficient (Wildman–Crippen LogP) is 8.24. The first-order valence-electron chi connectivity index (χ1n) is 13.4. The third-order valence-corrected chi connectivity index (χ3v) is 6.34. The molecule has 1 aromatic rings. The second-order valence-corrected chi connectivity index (χ2v) is 9.30. The summed E-state index contributed by atoms with van der Waals surface area (Å²) in [6, 6.07) is 3.09. The minimum atomic E-state index is -1.20. The zero-order valence-corrected chi connectivity index (χ0v) is 21.1. The monoisotopic (exact) mass is 461 g/mol. The third kappa shape index (κ3) is 13.3. The number of carbonyl (C=O) groups is 2. The van der Waals surface area contributed by atoms with E-state index in [2.05, 4.69) is 12.2 Å². The molecule has 1 rings (SSSR count). The maximum atomic E-state index is 12.2. The Morgan fingerprint density at radius 3 is 1.61 bits per heavy atom. The maximum absolute atomic E-state index is 12.2. The highest BCUT2D eigenvalue weighted by Crippen LogP contribution is 2.30. The largest absolute Gasteiger partial charge is 0.505 e. The molecular weight excluding hydrogens is 414 g/mol. The van der Waals surface area contributed by atoms with Crippen molar-refractivity contribution < 1.29 is 19.8 Å². The van der Waals surface area contributed by atoms with E-state index in [1.54, 1.807) is 6.07 Å². The van der Waals surface area contributed by atoms with Crippen LogP contribution in [0.25, 0.3) is 0 Å². The third-order valence-electron chi connectivity index (χ3n) is 6.34. The van der Waals surface area contributed by atoms with Crippen LogP contribution in [0, 0.1) is 0 Å². The molecule has 1 amide bonds. The molecule has 0 spiro atoms. The molecule has 0 radical (unpaired) electrons. The van der Waals surface area contributed by atoms with Gasteiger partial charge in [0.15, 0.2) is 5.75 Å². The first kappa shape index (κ1) is 29.0. The second kappa shape index (κ2) is 18.4. The SMILES string of the molecule is CCCCCCCCCCCCCCCCCCC(=O)Nc1cc(CC)cc(C(=O)O)c1O. The molecule has 0 bridgehead atoms. The van der Waals surface area contributed by atoms with Crippen molar-refractivity contribution in [2.24, 2.45) is 0 Å². The van der Waals surface area contributed by atoms with Crippen molar-refractivity contribution in [1.82, 2.24) is 0 Å². The van der Waals surface area contributed by atoms with Gasteiger partial charge in [-0.05, 0) is 30.5 Å². The van der Waals surface area contributed by atoms with E-state index < -0.39 is 5.97 Å². The van der Waals surface area contributed by atoms with Gasteiger partial charge in [0.05, 0.1) is 5.69 Å².